The highest BCUT2D eigenvalue weighted by atomic mass is 32.3. The van der Waals surface area contributed by atoms with Crippen LogP contribution in [0.5, 0.6) is 0 Å². The van der Waals surface area contributed by atoms with Gasteiger partial charge in [-0.1, -0.05) is 61.5 Å². The van der Waals surface area contributed by atoms with E-state index in [1.165, 1.54) is 33.6 Å². The summed E-state index contributed by atoms with van der Waals surface area (Å²) in [4.78, 5) is 9.35. The third-order valence-electron chi connectivity index (χ3n) is 9.39. The maximum Gasteiger partial charge on any atom is 0.282 e. The Bertz CT molecular complexity index is 1820. The maximum absolute atomic E-state index is 10.1. The molecule has 1 fully saturated rings. The zero-order chi connectivity index (χ0) is 34.4. The lowest BCUT2D eigenvalue weighted by atomic mass is 10.1. The number of fused-ring (bicyclic) bond motifs is 2. The predicted octanol–water partition coefficient (Wildman–Crippen LogP) is 9.06. The van der Waals surface area contributed by atoms with Crippen molar-refractivity contribution >= 4 is 50.5 Å². The van der Waals surface area contributed by atoms with E-state index in [2.05, 4.69) is 137 Å². The van der Waals surface area contributed by atoms with Crippen LogP contribution in [0.3, 0.4) is 0 Å². The summed E-state index contributed by atoms with van der Waals surface area (Å²) in [5.74, 6) is 1.19. The van der Waals surface area contributed by atoms with E-state index >= 15 is 0 Å². The van der Waals surface area contributed by atoms with Gasteiger partial charge in [-0.3, -0.25) is 9.21 Å². The van der Waals surface area contributed by atoms with E-state index in [1.54, 1.807) is 11.8 Å². The Balaban J connectivity index is 1.46. The number of aromatic nitrogens is 1. The molecule has 2 N–H and O–H groups in total. The molecule has 0 saturated carbocycles. The van der Waals surface area contributed by atoms with Crippen LogP contribution < -0.4 is 14.4 Å². The number of pyridine rings is 1. The van der Waals surface area contributed by atoms with E-state index in [-0.39, 0.29) is 0 Å². The highest BCUT2D eigenvalue weighted by Crippen LogP contribution is 2.63. The number of anilines is 2. The molecule has 7 nitrogen and oxygen atoms in total. The fourth-order valence-corrected chi connectivity index (χ4v) is 11.0. The third-order valence-corrected chi connectivity index (χ3v) is 13.8. The first-order valence-electron chi connectivity index (χ1n) is 17.3. The van der Waals surface area contributed by atoms with Gasteiger partial charge >= 0.3 is 0 Å². The topological polar surface area (TPSA) is 57.3 Å². The minimum Gasteiger partial charge on any atom is -0.515 e. The van der Waals surface area contributed by atoms with E-state index in [4.69, 9.17) is 0 Å². The first-order chi connectivity index (χ1) is 23.9. The number of aliphatic hydroxyl groups excluding tert-OH is 2. The molecule has 0 amide bonds. The molecule has 0 unspecified atom stereocenters. The Morgan fingerprint density at radius 2 is 1.57 bits per heavy atom. The van der Waals surface area contributed by atoms with Crippen LogP contribution in [0.2, 0.25) is 0 Å². The second-order valence-electron chi connectivity index (χ2n) is 12.9. The van der Waals surface area contributed by atoms with Gasteiger partial charge in [-0.2, -0.15) is 4.57 Å². The first-order valence-corrected chi connectivity index (χ1v) is 19.8. The van der Waals surface area contributed by atoms with E-state index in [1.807, 2.05) is 10.8 Å². The van der Waals surface area contributed by atoms with Gasteiger partial charge in [-0.25, -0.2) is 0 Å². The van der Waals surface area contributed by atoms with Crippen LogP contribution in [0.15, 0.2) is 117 Å². The number of benzene rings is 3. The summed E-state index contributed by atoms with van der Waals surface area (Å²) in [6, 6.07) is 28.5. The average Bonchev–Trinajstić information content (AvgIpc) is 3.44. The van der Waals surface area contributed by atoms with Gasteiger partial charge in [0.2, 0.25) is 0 Å². The number of para-hydroxylation sites is 2. The van der Waals surface area contributed by atoms with E-state index in [9.17, 15) is 10.2 Å². The molecule has 1 saturated heterocycles. The van der Waals surface area contributed by atoms with Crippen molar-refractivity contribution in [3.8, 4) is 5.69 Å². The van der Waals surface area contributed by atoms with Gasteiger partial charge in [0.05, 0.1) is 36.3 Å². The normalized spacial score (nSPS) is 18.1. The lowest BCUT2D eigenvalue weighted by molar-refractivity contribution is -0.553. The molecule has 258 valence electrons. The van der Waals surface area contributed by atoms with Crippen LogP contribution in [0, 0.1) is 0 Å². The molecule has 2 aliphatic heterocycles. The second-order valence-corrected chi connectivity index (χ2v) is 16.9. The van der Waals surface area contributed by atoms with Gasteiger partial charge in [-0.15, -0.1) is 10.2 Å². The maximum atomic E-state index is 10.1. The Morgan fingerprint density at radius 1 is 0.857 bits per heavy atom. The molecule has 0 radical (unpaired) electrons. The first kappa shape index (κ1) is 35.0. The predicted molar refractivity (Wildman–Crippen MR) is 210 cm³/mol. The Kier molecular flexibility index (Phi) is 11.2. The highest BCUT2D eigenvalue weighted by molar-refractivity contribution is 8.36. The fraction of sp³-hybridized carbons (Fsp3) is 0.325. The summed E-state index contributed by atoms with van der Waals surface area (Å²) in [6.45, 7) is 6.99. The molecular formula is C40H50N5O2S2+. The number of aliphatic hydroxyl groups is 2. The summed E-state index contributed by atoms with van der Waals surface area (Å²) in [5, 5.41) is 26.2. The number of piperidine rings is 1. The smallest absolute Gasteiger partial charge is 0.282 e. The summed E-state index contributed by atoms with van der Waals surface area (Å²) in [7, 11) is 4.55. The molecule has 0 bridgehead atoms. The Morgan fingerprint density at radius 3 is 2.27 bits per heavy atom. The summed E-state index contributed by atoms with van der Waals surface area (Å²) in [6.07, 6.45) is 9.15. The van der Waals surface area contributed by atoms with Gasteiger partial charge in [0.25, 0.3) is 5.82 Å². The Labute approximate surface area is 297 Å². The number of thioether (sulfide) groups is 1. The van der Waals surface area contributed by atoms with Crippen LogP contribution in [-0.4, -0.2) is 73.3 Å². The molecular weight excluding hydrogens is 647 g/mol. The summed E-state index contributed by atoms with van der Waals surface area (Å²) >= 11 is 1.78. The summed E-state index contributed by atoms with van der Waals surface area (Å²) < 4.78 is 4.86. The van der Waals surface area contributed by atoms with Crippen molar-refractivity contribution in [2.75, 3.05) is 63.7 Å². The molecule has 0 spiro atoms. The number of rotatable bonds is 12. The molecule has 2 aliphatic rings. The monoisotopic (exact) mass is 696 g/mol. The summed E-state index contributed by atoms with van der Waals surface area (Å²) in [5.41, 5.74) is 4.67. The standard InChI is InChI=1S/C40H49N5O2S2/c1-5-20-43(24-23-41(2)3)39-29-32(35-16-10-11-17-36(35)45(39)33-14-8-6-9-15-33)30-40-42(4)37-19-18-34(31-38(37)48-40)49(27-25-46,28-26-47)44-21-12-7-13-22-44/h6,8-11,14-19,25-31H,5,7,12-13,20-24H2,1-4H3,(H-,46,47)/p+1. The van der Waals surface area contributed by atoms with Crippen molar-refractivity contribution < 1.29 is 14.8 Å². The molecule has 6 rings (SSSR count). The molecule has 1 aromatic heterocycles. The molecule has 0 atom stereocenters. The molecule has 0 aliphatic carbocycles. The lowest BCUT2D eigenvalue weighted by Gasteiger charge is -2.46. The van der Waals surface area contributed by atoms with Crippen LogP contribution >= 0.6 is 22.0 Å². The van der Waals surface area contributed by atoms with Crippen molar-refractivity contribution in [3.63, 3.8) is 0 Å². The molecule has 3 heterocycles. The zero-order valence-electron chi connectivity index (χ0n) is 29.2. The van der Waals surface area contributed by atoms with Crippen molar-refractivity contribution in [2.45, 2.75) is 42.4 Å². The minimum atomic E-state index is -1.88. The molecule has 4 aromatic rings. The van der Waals surface area contributed by atoms with E-state index in [0.717, 1.165) is 85.8 Å². The van der Waals surface area contributed by atoms with Gasteiger partial charge in [-0.05, 0) is 81.4 Å². The van der Waals surface area contributed by atoms with Crippen molar-refractivity contribution in [2.24, 2.45) is 0 Å². The quantitative estimate of drug-likeness (QED) is 0.113. The largest absolute Gasteiger partial charge is 0.515 e. The molecule has 9 heteroatoms. The lowest BCUT2D eigenvalue weighted by Crippen LogP contribution is -2.44. The third kappa shape index (κ3) is 7.22. The van der Waals surface area contributed by atoms with Crippen LogP contribution in [-0.2, 0) is 0 Å². The van der Waals surface area contributed by atoms with Crippen molar-refractivity contribution in [1.82, 2.24) is 9.21 Å². The van der Waals surface area contributed by atoms with Crippen LogP contribution in [0.4, 0.5) is 11.5 Å². The van der Waals surface area contributed by atoms with Crippen molar-refractivity contribution in [3.05, 3.63) is 113 Å². The number of likely N-dealkylation sites (N-methyl/N-ethyl adjacent to an activating group) is 1. The van der Waals surface area contributed by atoms with Crippen molar-refractivity contribution in [1.29, 1.82) is 0 Å². The number of hydrogen-bond donors (Lipinski definition) is 2. The fourth-order valence-electron chi connectivity index (χ4n) is 6.94. The Hall–Kier alpha value is -3.89. The number of hydrogen-bond acceptors (Lipinski definition) is 7. The second kappa shape index (κ2) is 15.8. The van der Waals surface area contributed by atoms with E-state index in [0.29, 0.717) is 0 Å². The highest BCUT2D eigenvalue weighted by Gasteiger charge is 2.33. The average molecular weight is 697 g/mol. The molecule has 49 heavy (non-hydrogen) atoms. The van der Waals surface area contributed by atoms with Gasteiger partial charge in [0, 0.05) is 58.7 Å². The SMILES string of the molecule is CCCN(CCN(C)C)c1cc(C=C2Sc3cc(S(C=CO)(C=CO)N4CCCCC4)ccc3N2C)c2ccccc2[n+]1-c1ccccc1. The number of nitrogens with zero attached hydrogens (tertiary/aromatic N) is 5. The van der Waals surface area contributed by atoms with Crippen LogP contribution in [0.25, 0.3) is 22.7 Å². The van der Waals surface area contributed by atoms with Crippen LogP contribution in [0.1, 0.15) is 38.2 Å². The van der Waals surface area contributed by atoms with Gasteiger partial charge < -0.3 is 20.0 Å². The molecule has 3 aromatic carbocycles. The van der Waals surface area contributed by atoms with Gasteiger partial charge in [0.1, 0.15) is 11.2 Å². The van der Waals surface area contributed by atoms with Gasteiger partial charge in [0.15, 0.2) is 0 Å². The van der Waals surface area contributed by atoms with E-state index < -0.39 is 10.2 Å². The minimum absolute atomic E-state index is 0.927. The zero-order valence-corrected chi connectivity index (χ0v) is 30.8.